The molecular weight excluding hydrogens is 574 g/mol. The van der Waals surface area contributed by atoms with Gasteiger partial charge in [0, 0.05) is 35.0 Å². The molecule has 2 aliphatic heterocycles. The molecule has 0 aliphatic carbocycles. The molecule has 2 atom stereocenters. The van der Waals surface area contributed by atoms with E-state index < -0.39 is 26.8 Å². The number of amides is 2. The molecule has 0 bridgehead atoms. The van der Waals surface area contributed by atoms with Gasteiger partial charge in [-0.25, -0.2) is 18.7 Å². The van der Waals surface area contributed by atoms with Gasteiger partial charge in [-0.1, -0.05) is 48.9 Å². The van der Waals surface area contributed by atoms with Crippen molar-refractivity contribution in [1.82, 2.24) is 10.8 Å². The first-order valence-corrected chi connectivity index (χ1v) is 16.9. The highest BCUT2D eigenvalue weighted by molar-refractivity contribution is 7.92. The first-order chi connectivity index (χ1) is 20.3. The van der Waals surface area contributed by atoms with Crippen LogP contribution in [0.4, 0.5) is 5.69 Å². The van der Waals surface area contributed by atoms with Gasteiger partial charge in [0.25, 0.3) is 0 Å². The zero-order chi connectivity index (χ0) is 29.4. The highest BCUT2D eigenvalue weighted by atomic mass is 32.2. The van der Waals surface area contributed by atoms with Gasteiger partial charge in [-0.05, 0) is 61.1 Å². The van der Waals surface area contributed by atoms with Crippen molar-refractivity contribution < 1.29 is 27.6 Å². The number of thiophene rings is 1. The Kier molecular flexibility index (Phi) is 10.1. The molecular formula is C31H37N3O6S2. The van der Waals surface area contributed by atoms with E-state index in [4.69, 9.17) is 9.57 Å². The van der Waals surface area contributed by atoms with Crippen LogP contribution in [0, 0.1) is 0 Å². The minimum atomic E-state index is -3.60. The first-order valence-electron chi connectivity index (χ1n) is 14.4. The van der Waals surface area contributed by atoms with E-state index >= 15 is 0 Å². The van der Waals surface area contributed by atoms with Crippen LogP contribution in [-0.4, -0.2) is 45.4 Å². The molecule has 2 aromatic carbocycles. The number of benzene rings is 2. The van der Waals surface area contributed by atoms with Crippen molar-refractivity contribution in [3.8, 4) is 10.4 Å². The number of nitrogens with one attached hydrogen (secondary N) is 3. The van der Waals surface area contributed by atoms with E-state index in [1.807, 2.05) is 66.7 Å². The number of carbonyl (C=O) groups is 2. The normalized spacial score (nSPS) is 21.9. The summed E-state index contributed by atoms with van der Waals surface area (Å²) in [6, 6.07) is 21.0. The number of hydrogen-bond acceptors (Lipinski definition) is 8. The number of sulfone groups is 1. The minimum Gasteiger partial charge on any atom is -0.350 e. The molecule has 42 heavy (non-hydrogen) atoms. The number of hydrogen-bond donors (Lipinski definition) is 3. The van der Waals surface area contributed by atoms with E-state index in [0.717, 1.165) is 28.8 Å². The van der Waals surface area contributed by atoms with Crippen molar-refractivity contribution in [2.45, 2.75) is 62.5 Å². The molecule has 11 heteroatoms. The summed E-state index contributed by atoms with van der Waals surface area (Å²) >= 11 is 1.37. The molecule has 3 aromatic rings. The number of rotatable bonds is 11. The Balaban J connectivity index is 1.26. The molecule has 3 heterocycles. The second-order valence-electron chi connectivity index (χ2n) is 10.8. The van der Waals surface area contributed by atoms with Crippen molar-refractivity contribution in [2.75, 3.05) is 24.2 Å². The van der Waals surface area contributed by atoms with Gasteiger partial charge >= 0.3 is 0 Å². The van der Waals surface area contributed by atoms with E-state index in [0.29, 0.717) is 49.4 Å². The zero-order valence-electron chi connectivity index (χ0n) is 23.5. The highest BCUT2D eigenvalue weighted by Crippen LogP contribution is 2.47. The fourth-order valence-electron chi connectivity index (χ4n) is 5.46. The SMILES string of the molecule is O=C(C[C@]1(c2ccc(-c3cccc(NC(=O)CNCc4ccccc4)c3)s2)CCCCS1(=O)=O)NOC1CCCCO1. The van der Waals surface area contributed by atoms with Crippen LogP contribution >= 0.6 is 11.3 Å². The van der Waals surface area contributed by atoms with Gasteiger partial charge in [0.2, 0.25) is 11.8 Å². The quantitative estimate of drug-likeness (QED) is 0.264. The van der Waals surface area contributed by atoms with E-state index in [1.54, 1.807) is 0 Å². The topological polar surface area (TPSA) is 123 Å². The van der Waals surface area contributed by atoms with Gasteiger partial charge in [-0.15, -0.1) is 11.3 Å². The van der Waals surface area contributed by atoms with Crippen LogP contribution in [0.3, 0.4) is 0 Å². The second kappa shape index (κ2) is 13.9. The van der Waals surface area contributed by atoms with Gasteiger partial charge in [0.15, 0.2) is 16.1 Å². The largest absolute Gasteiger partial charge is 0.350 e. The van der Waals surface area contributed by atoms with Gasteiger partial charge in [0.05, 0.1) is 18.7 Å². The summed E-state index contributed by atoms with van der Waals surface area (Å²) in [7, 11) is -3.60. The van der Waals surface area contributed by atoms with Crippen LogP contribution in [0.2, 0.25) is 0 Å². The van der Waals surface area contributed by atoms with Crippen molar-refractivity contribution >= 4 is 38.7 Å². The van der Waals surface area contributed by atoms with E-state index in [9.17, 15) is 18.0 Å². The summed E-state index contributed by atoms with van der Waals surface area (Å²) in [4.78, 5) is 32.5. The fraction of sp³-hybridized carbons (Fsp3) is 0.419. The second-order valence-corrected chi connectivity index (χ2v) is 14.3. The lowest BCUT2D eigenvalue weighted by molar-refractivity contribution is -0.200. The Bertz CT molecular complexity index is 1470. The van der Waals surface area contributed by atoms with Crippen LogP contribution in [0.1, 0.15) is 55.4 Å². The average Bonchev–Trinajstić information content (AvgIpc) is 3.49. The predicted octanol–water partition coefficient (Wildman–Crippen LogP) is 4.90. The molecule has 0 saturated carbocycles. The van der Waals surface area contributed by atoms with E-state index in [-0.39, 0.29) is 24.6 Å². The molecule has 224 valence electrons. The highest BCUT2D eigenvalue weighted by Gasteiger charge is 2.49. The maximum Gasteiger partial charge on any atom is 0.245 e. The van der Waals surface area contributed by atoms with Crippen molar-refractivity contribution in [2.24, 2.45) is 0 Å². The zero-order valence-corrected chi connectivity index (χ0v) is 25.1. The van der Waals surface area contributed by atoms with E-state index in [2.05, 4.69) is 16.1 Å². The minimum absolute atomic E-state index is 0.0416. The molecule has 2 fully saturated rings. The van der Waals surface area contributed by atoms with Crippen LogP contribution in [0.5, 0.6) is 0 Å². The van der Waals surface area contributed by atoms with Crippen molar-refractivity contribution in [3.63, 3.8) is 0 Å². The summed E-state index contributed by atoms with van der Waals surface area (Å²) in [5, 5.41) is 6.07. The number of anilines is 1. The van der Waals surface area contributed by atoms with Crippen LogP contribution in [0.15, 0.2) is 66.7 Å². The van der Waals surface area contributed by atoms with Gasteiger partial charge < -0.3 is 15.4 Å². The van der Waals surface area contributed by atoms with Crippen molar-refractivity contribution in [1.29, 1.82) is 0 Å². The molecule has 1 unspecified atom stereocenters. The molecule has 9 nitrogen and oxygen atoms in total. The third-order valence-electron chi connectivity index (χ3n) is 7.67. The summed E-state index contributed by atoms with van der Waals surface area (Å²) in [5.74, 6) is -0.593. The monoisotopic (exact) mass is 611 g/mol. The van der Waals surface area contributed by atoms with Crippen LogP contribution in [-0.2, 0) is 40.3 Å². The van der Waals surface area contributed by atoms with E-state index in [1.165, 1.54) is 11.3 Å². The Morgan fingerprint density at radius 2 is 1.83 bits per heavy atom. The Labute approximate surface area is 250 Å². The molecule has 2 amide bonds. The summed E-state index contributed by atoms with van der Waals surface area (Å²) in [5.41, 5.74) is 5.05. The van der Waals surface area contributed by atoms with Crippen molar-refractivity contribution in [3.05, 3.63) is 77.2 Å². The summed E-state index contributed by atoms with van der Waals surface area (Å²) in [6.45, 7) is 1.34. The van der Waals surface area contributed by atoms with Crippen LogP contribution in [0.25, 0.3) is 10.4 Å². The molecule has 0 spiro atoms. The molecule has 1 aromatic heterocycles. The lowest BCUT2D eigenvalue weighted by Gasteiger charge is -2.35. The molecule has 3 N–H and O–H groups in total. The summed E-state index contributed by atoms with van der Waals surface area (Å²) in [6.07, 6.45) is 3.53. The predicted molar refractivity (Wildman–Crippen MR) is 163 cm³/mol. The Hall–Kier alpha value is -3.09. The fourth-order valence-corrected chi connectivity index (χ4v) is 9.23. The lowest BCUT2D eigenvalue weighted by atomic mass is 9.94. The standard InChI is InChI=1S/C31H37N3O6S2/c35-28(34-40-30-13-4-6-17-39-30)20-31(16-5-7-18-42(31,37)38)27-15-14-26(41-27)24-11-8-12-25(19-24)33-29(36)22-32-21-23-9-2-1-3-10-23/h1-3,8-12,14-15,19,30,32H,4-7,13,16-18,20-22H2,(H,33,36)(H,34,35)/t30?,31-/m0/s1. The molecule has 2 aliphatic rings. The van der Waals surface area contributed by atoms with Gasteiger partial charge in [-0.2, -0.15) is 0 Å². The van der Waals surface area contributed by atoms with Gasteiger partial charge in [0.1, 0.15) is 4.75 Å². The number of ether oxygens (including phenoxy) is 1. The third-order valence-corrected chi connectivity index (χ3v) is 11.7. The molecule has 0 radical (unpaired) electrons. The number of hydroxylamine groups is 1. The molecule has 2 saturated heterocycles. The molecule has 5 rings (SSSR count). The van der Waals surface area contributed by atoms with Crippen LogP contribution < -0.4 is 16.1 Å². The first kappa shape index (κ1) is 30.4. The Morgan fingerprint density at radius 3 is 2.62 bits per heavy atom. The lowest BCUT2D eigenvalue weighted by Crippen LogP contribution is -2.45. The third kappa shape index (κ3) is 7.45. The number of carbonyl (C=O) groups excluding carboxylic acids is 2. The Morgan fingerprint density at radius 1 is 0.976 bits per heavy atom. The van der Waals surface area contributed by atoms with Gasteiger partial charge in [-0.3, -0.25) is 9.59 Å². The summed E-state index contributed by atoms with van der Waals surface area (Å²) < 4.78 is 31.3. The maximum atomic E-state index is 13.6. The smallest absolute Gasteiger partial charge is 0.245 e. The maximum absolute atomic E-state index is 13.6. The average molecular weight is 612 g/mol.